The quantitative estimate of drug-likeness (QED) is 0.364. The molecule has 0 heterocycles. The Balaban J connectivity index is 2.04. The van der Waals surface area contributed by atoms with Crippen molar-refractivity contribution in [3.63, 3.8) is 0 Å². The molecule has 0 aliphatic rings. The molecule has 3 aromatic rings. The number of carbonyl (C=O) groups is 2. The van der Waals surface area contributed by atoms with E-state index in [0.717, 1.165) is 4.31 Å². The van der Waals surface area contributed by atoms with Gasteiger partial charge in [-0.1, -0.05) is 69.5 Å². The van der Waals surface area contributed by atoms with Crippen molar-refractivity contribution in [3.8, 4) is 0 Å². The monoisotopic (exact) mass is 611 g/mol. The summed E-state index contributed by atoms with van der Waals surface area (Å²) in [7, 11) is -2.65. The Morgan fingerprint density at radius 1 is 1.00 bits per heavy atom. The zero-order valence-electron chi connectivity index (χ0n) is 19.5. The Morgan fingerprint density at radius 3 is 2.31 bits per heavy atom. The number of anilines is 1. The highest BCUT2D eigenvalue weighted by Crippen LogP contribution is 2.28. The van der Waals surface area contributed by atoms with Crippen molar-refractivity contribution in [1.82, 2.24) is 10.2 Å². The standard InChI is InChI=1S/C25H24BrCl2N3O4S/c1-17(25(33)29-2)30(15-18-11-12-20(27)14-23(18)28)24(32)16-31(21-8-6-7-19(26)13-21)36(34,35)22-9-4-3-5-10-22/h3-14,17H,15-16H2,1-2H3,(H,29,33)/t17-/m0/s1. The number of hydrogen-bond donors (Lipinski definition) is 1. The maximum absolute atomic E-state index is 13.7. The molecule has 3 aromatic carbocycles. The topological polar surface area (TPSA) is 86.8 Å². The van der Waals surface area contributed by atoms with Gasteiger partial charge in [0.25, 0.3) is 10.0 Å². The van der Waals surface area contributed by atoms with Crippen molar-refractivity contribution in [2.75, 3.05) is 17.9 Å². The molecule has 7 nitrogen and oxygen atoms in total. The molecular weight excluding hydrogens is 589 g/mol. The van der Waals surface area contributed by atoms with Crippen LogP contribution >= 0.6 is 39.1 Å². The summed E-state index contributed by atoms with van der Waals surface area (Å²) in [5.74, 6) is -0.995. The normalized spacial score (nSPS) is 12.0. The molecule has 0 saturated heterocycles. The van der Waals surface area contributed by atoms with Crippen LogP contribution in [0.2, 0.25) is 10.0 Å². The van der Waals surface area contributed by atoms with Crippen LogP contribution in [0.1, 0.15) is 12.5 Å². The fourth-order valence-electron chi connectivity index (χ4n) is 3.50. The third kappa shape index (κ3) is 6.59. The zero-order chi connectivity index (χ0) is 26.5. The van der Waals surface area contributed by atoms with E-state index in [4.69, 9.17) is 23.2 Å². The van der Waals surface area contributed by atoms with Crippen molar-refractivity contribution in [3.05, 3.63) is 92.9 Å². The van der Waals surface area contributed by atoms with Crippen LogP contribution in [0, 0.1) is 0 Å². The lowest BCUT2D eigenvalue weighted by Gasteiger charge is -2.32. The molecule has 11 heteroatoms. The summed E-state index contributed by atoms with van der Waals surface area (Å²) >= 11 is 15.7. The van der Waals surface area contributed by atoms with Crippen LogP contribution in [0.15, 0.2) is 82.2 Å². The van der Waals surface area contributed by atoms with Crippen LogP contribution in [0.25, 0.3) is 0 Å². The second-order valence-electron chi connectivity index (χ2n) is 7.85. The Kier molecular flexibility index (Phi) is 9.41. The zero-order valence-corrected chi connectivity index (χ0v) is 23.4. The predicted molar refractivity (Wildman–Crippen MR) is 146 cm³/mol. The van der Waals surface area contributed by atoms with Crippen molar-refractivity contribution in [1.29, 1.82) is 0 Å². The molecule has 36 heavy (non-hydrogen) atoms. The lowest BCUT2D eigenvalue weighted by molar-refractivity contribution is -0.139. The number of carbonyl (C=O) groups excluding carboxylic acids is 2. The summed E-state index contributed by atoms with van der Waals surface area (Å²) < 4.78 is 28.9. The van der Waals surface area contributed by atoms with Crippen molar-refractivity contribution in [2.45, 2.75) is 24.4 Å². The lowest BCUT2D eigenvalue weighted by Crippen LogP contribution is -2.50. The van der Waals surface area contributed by atoms with Crippen LogP contribution in [-0.2, 0) is 26.2 Å². The Morgan fingerprint density at radius 2 is 1.69 bits per heavy atom. The van der Waals surface area contributed by atoms with E-state index in [-0.39, 0.29) is 11.4 Å². The van der Waals surface area contributed by atoms with Gasteiger partial charge in [-0.25, -0.2) is 8.42 Å². The highest BCUT2D eigenvalue weighted by atomic mass is 79.9. The molecule has 0 fully saturated rings. The minimum Gasteiger partial charge on any atom is -0.357 e. The number of likely N-dealkylation sites (N-methyl/N-ethyl adjacent to an activating group) is 1. The first-order valence-corrected chi connectivity index (χ1v) is 13.8. The average molecular weight is 613 g/mol. The molecule has 1 atom stereocenters. The summed E-state index contributed by atoms with van der Waals surface area (Å²) in [4.78, 5) is 27.5. The summed E-state index contributed by atoms with van der Waals surface area (Å²) in [6, 6.07) is 18.4. The van der Waals surface area contributed by atoms with Crippen LogP contribution in [0.4, 0.5) is 5.69 Å². The van der Waals surface area contributed by atoms with E-state index in [2.05, 4.69) is 21.2 Å². The number of nitrogens with one attached hydrogen (secondary N) is 1. The highest BCUT2D eigenvalue weighted by Gasteiger charge is 2.32. The fraction of sp³-hybridized carbons (Fsp3) is 0.200. The summed E-state index contributed by atoms with van der Waals surface area (Å²) in [6.45, 7) is 0.997. The second-order valence-corrected chi connectivity index (χ2v) is 11.5. The Bertz CT molecular complexity index is 1360. The summed E-state index contributed by atoms with van der Waals surface area (Å²) in [6.07, 6.45) is 0. The highest BCUT2D eigenvalue weighted by molar-refractivity contribution is 9.10. The number of hydrogen-bond acceptors (Lipinski definition) is 4. The molecule has 3 rings (SSSR count). The van der Waals surface area contributed by atoms with E-state index in [0.29, 0.717) is 25.8 Å². The van der Waals surface area contributed by atoms with E-state index in [9.17, 15) is 18.0 Å². The van der Waals surface area contributed by atoms with Gasteiger partial charge in [-0.15, -0.1) is 0 Å². The molecule has 0 spiro atoms. The van der Waals surface area contributed by atoms with E-state index in [1.165, 1.54) is 24.1 Å². The largest absolute Gasteiger partial charge is 0.357 e. The average Bonchev–Trinajstić information content (AvgIpc) is 2.86. The van der Waals surface area contributed by atoms with Gasteiger partial charge in [0.1, 0.15) is 12.6 Å². The number of rotatable bonds is 9. The number of nitrogens with zero attached hydrogens (tertiary/aromatic N) is 2. The Labute approximate surface area is 229 Å². The van der Waals surface area contributed by atoms with Crippen LogP contribution < -0.4 is 9.62 Å². The van der Waals surface area contributed by atoms with Crippen LogP contribution in [0.3, 0.4) is 0 Å². The van der Waals surface area contributed by atoms with Gasteiger partial charge in [0.2, 0.25) is 11.8 Å². The smallest absolute Gasteiger partial charge is 0.264 e. The van der Waals surface area contributed by atoms with Crippen molar-refractivity contribution in [2.24, 2.45) is 0 Å². The first-order chi connectivity index (χ1) is 17.0. The van der Waals surface area contributed by atoms with Crippen LogP contribution in [-0.4, -0.2) is 44.8 Å². The van der Waals surface area contributed by atoms with Gasteiger partial charge in [0.15, 0.2) is 0 Å². The first kappa shape index (κ1) is 28.0. The molecule has 0 bridgehead atoms. The molecule has 190 valence electrons. The number of amides is 2. The van der Waals surface area contributed by atoms with Gasteiger partial charge in [-0.3, -0.25) is 13.9 Å². The van der Waals surface area contributed by atoms with E-state index in [1.807, 2.05) is 0 Å². The molecule has 0 aliphatic carbocycles. The third-order valence-corrected chi connectivity index (χ3v) is 8.34. The molecule has 0 unspecified atom stereocenters. The third-order valence-electron chi connectivity index (χ3n) is 5.48. The van der Waals surface area contributed by atoms with Gasteiger partial charge >= 0.3 is 0 Å². The second kappa shape index (κ2) is 12.1. The first-order valence-electron chi connectivity index (χ1n) is 10.8. The minimum atomic E-state index is -4.12. The molecule has 0 radical (unpaired) electrons. The van der Waals surface area contributed by atoms with Crippen molar-refractivity contribution < 1.29 is 18.0 Å². The van der Waals surface area contributed by atoms with Gasteiger partial charge < -0.3 is 10.2 Å². The van der Waals surface area contributed by atoms with Gasteiger partial charge in [-0.05, 0) is 55.0 Å². The maximum atomic E-state index is 13.7. The SMILES string of the molecule is CNC(=O)[C@H](C)N(Cc1ccc(Cl)cc1Cl)C(=O)CN(c1cccc(Br)c1)S(=O)(=O)c1ccccc1. The number of halogens is 3. The van der Waals surface area contributed by atoms with E-state index in [1.54, 1.807) is 67.6 Å². The summed E-state index contributed by atoms with van der Waals surface area (Å²) in [5.41, 5.74) is 0.851. The Hall–Kier alpha value is -2.59. The minimum absolute atomic E-state index is 0.0267. The van der Waals surface area contributed by atoms with E-state index < -0.39 is 34.4 Å². The van der Waals surface area contributed by atoms with Crippen LogP contribution in [0.5, 0.6) is 0 Å². The molecular formula is C25H24BrCl2N3O4S. The molecule has 2 amide bonds. The summed E-state index contributed by atoms with van der Waals surface area (Å²) in [5, 5.41) is 3.28. The molecule has 0 aromatic heterocycles. The maximum Gasteiger partial charge on any atom is 0.264 e. The number of benzene rings is 3. The van der Waals surface area contributed by atoms with Crippen molar-refractivity contribution >= 4 is 66.7 Å². The molecule has 0 saturated carbocycles. The van der Waals surface area contributed by atoms with Gasteiger partial charge in [-0.2, -0.15) is 0 Å². The lowest BCUT2D eigenvalue weighted by atomic mass is 10.1. The van der Waals surface area contributed by atoms with Gasteiger partial charge in [0, 0.05) is 28.1 Å². The molecule has 1 N–H and O–H groups in total. The number of sulfonamides is 1. The molecule has 0 aliphatic heterocycles. The van der Waals surface area contributed by atoms with E-state index >= 15 is 0 Å². The predicted octanol–water partition coefficient (Wildman–Crippen LogP) is 5.11. The van der Waals surface area contributed by atoms with Gasteiger partial charge in [0.05, 0.1) is 10.6 Å². The fourth-order valence-corrected chi connectivity index (χ4v) is 5.79.